The molecule has 3 rings (SSSR count). The SMILES string of the molecule is Cc1ccc(Cl)cc1NC(=O)Cc1csc(Nc2ccc(Cl)cn2)n1. The van der Waals surface area contributed by atoms with Crippen molar-refractivity contribution in [2.24, 2.45) is 0 Å². The lowest BCUT2D eigenvalue weighted by molar-refractivity contribution is -0.115. The molecular formula is C17H14Cl2N4OS. The average Bonchev–Trinajstić information content (AvgIpc) is 3.00. The molecule has 0 spiro atoms. The molecule has 0 aliphatic heterocycles. The molecule has 0 atom stereocenters. The highest BCUT2D eigenvalue weighted by molar-refractivity contribution is 7.13. The van der Waals surface area contributed by atoms with Gasteiger partial charge < -0.3 is 10.6 Å². The van der Waals surface area contributed by atoms with Gasteiger partial charge in [-0.25, -0.2) is 9.97 Å². The van der Waals surface area contributed by atoms with E-state index in [1.807, 2.05) is 18.4 Å². The number of aromatic nitrogens is 2. The highest BCUT2D eigenvalue weighted by atomic mass is 35.5. The third-order valence-corrected chi connectivity index (χ3v) is 4.59. The lowest BCUT2D eigenvalue weighted by atomic mass is 10.2. The first-order valence-corrected chi connectivity index (χ1v) is 9.02. The molecule has 0 unspecified atom stereocenters. The summed E-state index contributed by atoms with van der Waals surface area (Å²) in [6, 6.07) is 8.89. The molecule has 0 saturated heterocycles. The van der Waals surface area contributed by atoms with Gasteiger partial charge in [-0.15, -0.1) is 11.3 Å². The summed E-state index contributed by atoms with van der Waals surface area (Å²) in [7, 11) is 0. The Morgan fingerprint density at radius 2 is 2.00 bits per heavy atom. The fraction of sp³-hybridized carbons (Fsp3) is 0.118. The number of pyridine rings is 1. The van der Waals surface area contributed by atoms with Crippen LogP contribution in [0.3, 0.4) is 0 Å². The molecule has 0 saturated carbocycles. The zero-order valence-electron chi connectivity index (χ0n) is 13.2. The third-order valence-electron chi connectivity index (χ3n) is 3.33. The standard InChI is InChI=1S/C17H14Cl2N4OS/c1-10-2-3-11(18)6-14(10)22-16(24)7-13-9-25-17(21-13)23-15-5-4-12(19)8-20-15/h2-6,8-9H,7H2,1H3,(H,22,24)(H,20,21,23). The predicted octanol–water partition coefficient (Wildman–Crippen LogP) is 5.08. The minimum Gasteiger partial charge on any atom is -0.325 e. The number of nitrogens with one attached hydrogen (secondary N) is 2. The van der Waals surface area contributed by atoms with Crippen LogP contribution in [0.15, 0.2) is 41.9 Å². The Balaban J connectivity index is 1.61. The van der Waals surface area contributed by atoms with Crippen LogP contribution in [0.25, 0.3) is 0 Å². The van der Waals surface area contributed by atoms with Gasteiger partial charge in [0.05, 0.1) is 17.1 Å². The molecule has 0 bridgehead atoms. The summed E-state index contributed by atoms with van der Waals surface area (Å²) < 4.78 is 0. The number of aryl methyl sites for hydroxylation is 1. The summed E-state index contributed by atoms with van der Waals surface area (Å²) in [4.78, 5) is 20.8. The van der Waals surface area contributed by atoms with E-state index in [4.69, 9.17) is 23.2 Å². The van der Waals surface area contributed by atoms with Gasteiger partial charge in [-0.05, 0) is 36.8 Å². The maximum Gasteiger partial charge on any atom is 0.230 e. The molecule has 5 nitrogen and oxygen atoms in total. The fourth-order valence-electron chi connectivity index (χ4n) is 2.09. The topological polar surface area (TPSA) is 66.9 Å². The van der Waals surface area contributed by atoms with Crippen molar-refractivity contribution in [2.75, 3.05) is 10.6 Å². The average molecular weight is 393 g/mol. The Kier molecular flexibility index (Phi) is 5.53. The van der Waals surface area contributed by atoms with Crippen LogP contribution in [-0.2, 0) is 11.2 Å². The first kappa shape index (κ1) is 17.7. The Morgan fingerprint density at radius 1 is 1.20 bits per heavy atom. The van der Waals surface area contributed by atoms with Gasteiger partial charge >= 0.3 is 0 Å². The molecule has 1 amide bonds. The van der Waals surface area contributed by atoms with E-state index in [2.05, 4.69) is 20.6 Å². The number of thiazole rings is 1. The summed E-state index contributed by atoms with van der Waals surface area (Å²) in [5, 5.41) is 9.59. The number of carbonyl (C=O) groups is 1. The van der Waals surface area contributed by atoms with Gasteiger partial charge in [0.25, 0.3) is 0 Å². The summed E-state index contributed by atoms with van der Waals surface area (Å²) in [5.41, 5.74) is 2.34. The number of amides is 1. The zero-order valence-corrected chi connectivity index (χ0v) is 15.5. The highest BCUT2D eigenvalue weighted by Crippen LogP contribution is 2.22. The maximum atomic E-state index is 12.2. The lowest BCUT2D eigenvalue weighted by Gasteiger charge is -2.08. The first-order valence-electron chi connectivity index (χ1n) is 7.38. The normalized spacial score (nSPS) is 10.5. The summed E-state index contributed by atoms with van der Waals surface area (Å²) >= 11 is 13.2. The minimum atomic E-state index is -0.146. The predicted molar refractivity (Wildman–Crippen MR) is 103 cm³/mol. The van der Waals surface area contributed by atoms with Crippen molar-refractivity contribution in [1.29, 1.82) is 0 Å². The molecule has 0 fully saturated rings. The van der Waals surface area contributed by atoms with E-state index in [0.717, 1.165) is 5.56 Å². The van der Waals surface area contributed by atoms with E-state index >= 15 is 0 Å². The number of nitrogens with zero attached hydrogens (tertiary/aromatic N) is 2. The Labute approximate surface area is 159 Å². The number of carbonyl (C=O) groups excluding carboxylic acids is 1. The first-order chi connectivity index (χ1) is 12.0. The van der Waals surface area contributed by atoms with Crippen LogP contribution >= 0.6 is 34.5 Å². The number of benzene rings is 1. The number of hydrogen-bond acceptors (Lipinski definition) is 5. The lowest BCUT2D eigenvalue weighted by Crippen LogP contribution is -2.15. The van der Waals surface area contributed by atoms with Gasteiger partial charge in [-0.1, -0.05) is 29.3 Å². The van der Waals surface area contributed by atoms with Gasteiger partial charge in [0.2, 0.25) is 5.91 Å². The van der Waals surface area contributed by atoms with Gasteiger partial charge in [0.15, 0.2) is 5.13 Å². The second-order valence-corrected chi connectivity index (χ2v) is 7.05. The third kappa shape index (κ3) is 4.92. The second kappa shape index (κ2) is 7.82. The summed E-state index contributed by atoms with van der Waals surface area (Å²) in [5.74, 6) is 0.496. The van der Waals surface area contributed by atoms with E-state index < -0.39 is 0 Å². The number of hydrogen-bond donors (Lipinski definition) is 2. The molecule has 0 aliphatic rings. The molecule has 0 radical (unpaired) electrons. The van der Waals surface area contributed by atoms with Gasteiger partial charge in [-0.2, -0.15) is 0 Å². The van der Waals surface area contributed by atoms with Gasteiger partial charge in [0.1, 0.15) is 5.82 Å². The van der Waals surface area contributed by atoms with Crippen LogP contribution in [0, 0.1) is 6.92 Å². The Morgan fingerprint density at radius 3 is 2.76 bits per heavy atom. The van der Waals surface area contributed by atoms with E-state index in [-0.39, 0.29) is 12.3 Å². The van der Waals surface area contributed by atoms with Crippen molar-refractivity contribution in [3.05, 3.63) is 63.2 Å². The Hall–Kier alpha value is -2.15. The number of halogens is 2. The van der Waals surface area contributed by atoms with Gasteiger partial charge in [0, 0.05) is 22.3 Å². The molecule has 2 heterocycles. The van der Waals surface area contributed by atoms with Gasteiger partial charge in [-0.3, -0.25) is 4.79 Å². The fourth-order valence-corrected chi connectivity index (χ4v) is 3.09. The minimum absolute atomic E-state index is 0.146. The smallest absolute Gasteiger partial charge is 0.230 e. The zero-order chi connectivity index (χ0) is 17.8. The number of rotatable bonds is 5. The quantitative estimate of drug-likeness (QED) is 0.635. The monoisotopic (exact) mass is 392 g/mol. The molecule has 25 heavy (non-hydrogen) atoms. The maximum absolute atomic E-state index is 12.2. The molecule has 2 N–H and O–H groups in total. The molecular weight excluding hydrogens is 379 g/mol. The van der Waals surface area contributed by atoms with Crippen LogP contribution in [0.4, 0.5) is 16.6 Å². The van der Waals surface area contributed by atoms with Crippen LogP contribution < -0.4 is 10.6 Å². The van der Waals surface area contributed by atoms with Crippen molar-refractivity contribution in [1.82, 2.24) is 9.97 Å². The molecule has 128 valence electrons. The van der Waals surface area contributed by atoms with Crippen LogP contribution in [0.1, 0.15) is 11.3 Å². The molecule has 0 aliphatic carbocycles. The van der Waals surface area contributed by atoms with Crippen LogP contribution in [0.2, 0.25) is 10.0 Å². The van der Waals surface area contributed by atoms with Crippen LogP contribution in [-0.4, -0.2) is 15.9 Å². The van der Waals surface area contributed by atoms with E-state index in [1.165, 1.54) is 11.3 Å². The molecule has 1 aromatic carbocycles. The van der Waals surface area contributed by atoms with E-state index in [0.29, 0.717) is 32.4 Å². The van der Waals surface area contributed by atoms with Crippen molar-refractivity contribution in [2.45, 2.75) is 13.3 Å². The van der Waals surface area contributed by atoms with E-state index in [1.54, 1.807) is 30.5 Å². The van der Waals surface area contributed by atoms with Crippen molar-refractivity contribution in [3.8, 4) is 0 Å². The molecule has 8 heteroatoms. The van der Waals surface area contributed by atoms with Crippen molar-refractivity contribution < 1.29 is 4.79 Å². The highest BCUT2D eigenvalue weighted by Gasteiger charge is 2.10. The molecule has 3 aromatic rings. The van der Waals surface area contributed by atoms with E-state index in [9.17, 15) is 4.79 Å². The Bertz CT molecular complexity index is 896. The largest absolute Gasteiger partial charge is 0.325 e. The molecule has 2 aromatic heterocycles. The number of anilines is 3. The van der Waals surface area contributed by atoms with Crippen LogP contribution in [0.5, 0.6) is 0 Å². The summed E-state index contributed by atoms with van der Waals surface area (Å²) in [6.45, 7) is 1.91. The second-order valence-electron chi connectivity index (χ2n) is 5.31. The van der Waals surface area contributed by atoms with Crippen molar-refractivity contribution >= 4 is 57.1 Å². The summed E-state index contributed by atoms with van der Waals surface area (Å²) in [6.07, 6.45) is 1.73. The van der Waals surface area contributed by atoms with Crippen molar-refractivity contribution in [3.63, 3.8) is 0 Å².